The smallest absolute Gasteiger partial charge is 0.239 e. The molecular weight excluding hydrogens is 248 g/mol. The third kappa shape index (κ3) is 3.77. The van der Waals surface area contributed by atoms with Crippen LogP contribution < -0.4 is 5.32 Å². The Morgan fingerprint density at radius 1 is 1.33 bits per heavy atom. The summed E-state index contributed by atoms with van der Waals surface area (Å²) in [6.07, 6.45) is 0. The van der Waals surface area contributed by atoms with Crippen LogP contribution in [0.1, 0.15) is 5.56 Å². The van der Waals surface area contributed by atoms with Crippen LogP contribution in [0, 0.1) is 0 Å². The second kappa shape index (κ2) is 6.44. The Morgan fingerprint density at radius 2 is 2.11 bits per heavy atom. The molecule has 5 heteroatoms. The number of carbonyl (C=O) groups is 2. The highest BCUT2D eigenvalue weighted by atomic mass is 32.2. The Bertz CT molecular complexity index is 422. The molecule has 1 aliphatic heterocycles. The van der Waals surface area contributed by atoms with Gasteiger partial charge in [0.15, 0.2) is 0 Å². The topological polar surface area (TPSA) is 49.4 Å². The lowest BCUT2D eigenvalue weighted by Crippen LogP contribution is -2.50. The molecular formula is C13H16N2O2S. The first-order valence-corrected chi connectivity index (χ1v) is 7.07. The minimum atomic E-state index is -0.0670. The van der Waals surface area contributed by atoms with Crippen LogP contribution in [-0.2, 0) is 15.3 Å². The average Bonchev–Trinajstić information content (AvgIpc) is 2.40. The lowest BCUT2D eigenvalue weighted by molar-refractivity contribution is -0.136. The van der Waals surface area contributed by atoms with Crippen molar-refractivity contribution in [2.75, 3.05) is 25.4 Å². The van der Waals surface area contributed by atoms with Crippen molar-refractivity contribution in [2.24, 2.45) is 0 Å². The first-order chi connectivity index (χ1) is 8.75. The zero-order chi connectivity index (χ0) is 12.8. The Balaban J connectivity index is 1.73. The molecule has 0 aliphatic carbocycles. The Morgan fingerprint density at radius 3 is 2.83 bits per heavy atom. The van der Waals surface area contributed by atoms with Crippen molar-refractivity contribution in [3.8, 4) is 0 Å². The number of nitrogens with zero attached hydrogens (tertiary/aromatic N) is 1. The summed E-state index contributed by atoms with van der Waals surface area (Å²) in [5, 5.41) is 2.71. The summed E-state index contributed by atoms with van der Waals surface area (Å²) in [5.74, 6) is 1.24. The summed E-state index contributed by atoms with van der Waals surface area (Å²) in [6, 6.07) is 10.1. The predicted octanol–water partition coefficient (Wildman–Crippen LogP) is 0.878. The van der Waals surface area contributed by atoms with Gasteiger partial charge in [-0.05, 0) is 5.56 Å². The van der Waals surface area contributed by atoms with Crippen molar-refractivity contribution in [1.29, 1.82) is 0 Å². The molecule has 1 heterocycles. The van der Waals surface area contributed by atoms with Crippen molar-refractivity contribution in [3.63, 3.8) is 0 Å². The summed E-state index contributed by atoms with van der Waals surface area (Å²) in [5.41, 5.74) is 1.21. The fourth-order valence-corrected chi connectivity index (χ4v) is 2.66. The van der Waals surface area contributed by atoms with Crippen molar-refractivity contribution in [3.05, 3.63) is 35.9 Å². The molecule has 2 amide bonds. The van der Waals surface area contributed by atoms with Gasteiger partial charge in [0.25, 0.3) is 0 Å². The summed E-state index contributed by atoms with van der Waals surface area (Å²) >= 11 is 1.59. The van der Waals surface area contributed by atoms with Gasteiger partial charge in [-0.2, -0.15) is 0 Å². The van der Waals surface area contributed by atoms with Gasteiger partial charge in [-0.25, -0.2) is 0 Å². The maximum Gasteiger partial charge on any atom is 0.239 e. The van der Waals surface area contributed by atoms with E-state index in [9.17, 15) is 9.59 Å². The lowest BCUT2D eigenvalue weighted by atomic mass is 10.2. The summed E-state index contributed by atoms with van der Waals surface area (Å²) < 4.78 is 0. The molecule has 18 heavy (non-hydrogen) atoms. The molecule has 0 bridgehead atoms. The van der Waals surface area contributed by atoms with E-state index in [1.165, 1.54) is 5.56 Å². The highest BCUT2D eigenvalue weighted by molar-refractivity contribution is 7.99. The maximum atomic E-state index is 11.9. The molecule has 0 saturated carbocycles. The van der Waals surface area contributed by atoms with E-state index in [-0.39, 0.29) is 18.4 Å². The Kier molecular flexibility index (Phi) is 4.64. The van der Waals surface area contributed by atoms with Crippen molar-refractivity contribution in [2.45, 2.75) is 5.75 Å². The molecule has 1 aliphatic rings. The summed E-state index contributed by atoms with van der Waals surface area (Å²) in [4.78, 5) is 24.6. The number of hydrogen-bond donors (Lipinski definition) is 1. The molecule has 4 nitrogen and oxygen atoms in total. The molecule has 1 aromatic carbocycles. The third-order valence-corrected chi connectivity index (χ3v) is 3.72. The maximum absolute atomic E-state index is 11.9. The van der Waals surface area contributed by atoms with Crippen LogP contribution in [0.25, 0.3) is 0 Å². The van der Waals surface area contributed by atoms with Crippen molar-refractivity contribution >= 4 is 23.6 Å². The first-order valence-electron chi connectivity index (χ1n) is 5.92. The number of carbonyl (C=O) groups excluding carboxylic acids is 2. The van der Waals surface area contributed by atoms with Gasteiger partial charge in [0, 0.05) is 18.8 Å². The van der Waals surface area contributed by atoms with E-state index in [2.05, 4.69) is 5.32 Å². The van der Waals surface area contributed by atoms with E-state index in [0.29, 0.717) is 18.8 Å². The fraction of sp³-hybridized carbons (Fsp3) is 0.385. The molecule has 0 atom stereocenters. The van der Waals surface area contributed by atoms with E-state index in [4.69, 9.17) is 0 Å². The van der Waals surface area contributed by atoms with E-state index < -0.39 is 0 Å². The third-order valence-electron chi connectivity index (χ3n) is 2.73. The number of thioether (sulfide) groups is 1. The van der Waals surface area contributed by atoms with Crippen LogP contribution in [0.4, 0.5) is 0 Å². The van der Waals surface area contributed by atoms with Crippen LogP contribution in [0.3, 0.4) is 0 Å². The predicted molar refractivity (Wildman–Crippen MR) is 72.2 cm³/mol. The zero-order valence-electron chi connectivity index (χ0n) is 10.1. The SMILES string of the molecule is O=C1CN(C(=O)CSCc2ccccc2)CCN1. The molecule has 1 aromatic rings. The molecule has 1 N–H and O–H groups in total. The Hall–Kier alpha value is -1.49. The van der Waals surface area contributed by atoms with Gasteiger partial charge in [0.1, 0.15) is 0 Å². The van der Waals surface area contributed by atoms with Gasteiger partial charge < -0.3 is 10.2 Å². The van der Waals surface area contributed by atoms with Gasteiger partial charge in [-0.1, -0.05) is 30.3 Å². The number of amides is 2. The van der Waals surface area contributed by atoms with E-state index in [1.807, 2.05) is 30.3 Å². The summed E-state index contributed by atoms with van der Waals surface area (Å²) in [7, 11) is 0. The highest BCUT2D eigenvalue weighted by Crippen LogP contribution is 2.12. The van der Waals surface area contributed by atoms with Crippen LogP contribution in [0.15, 0.2) is 30.3 Å². The molecule has 96 valence electrons. The largest absolute Gasteiger partial charge is 0.353 e. The molecule has 1 fully saturated rings. The van der Waals surface area contributed by atoms with Crippen LogP contribution >= 0.6 is 11.8 Å². The van der Waals surface area contributed by atoms with Gasteiger partial charge in [0.2, 0.25) is 11.8 Å². The average molecular weight is 264 g/mol. The number of rotatable bonds is 4. The van der Waals surface area contributed by atoms with Gasteiger partial charge in [-0.15, -0.1) is 11.8 Å². The number of benzene rings is 1. The van der Waals surface area contributed by atoms with E-state index in [1.54, 1.807) is 16.7 Å². The quantitative estimate of drug-likeness (QED) is 0.878. The number of hydrogen-bond acceptors (Lipinski definition) is 3. The van der Waals surface area contributed by atoms with Gasteiger partial charge >= 0.3 is 0 Å². The second-order valence-corrected chi connectivity index (χ2v) is 5.13. The van der Waals surface area contributed by atoms with Crippen molar-refractivity contribution in [1.82, 2.24) is 10.2 Å². The molecule has 1 saturated heterocycles. The standard InChI is InChI=1S/C13H16N2O2S/c16-12-8-15(7-6-14-12)13(17)10-18-9-11-4-2-1-3-5-11/h1-5H,6-10H2,(H,14,16). The number of nitrogens with one attached hydrogen (secondary N) is 1. The molecule has 2 rings (SSSR count). The fourth-order valence-electron chi connectivity index (χ4n) is 1.77. The summed E-state index contributed by atoms with van der Waals surface area (Å²) in [6.45, 7) is 1.38. The molecule has 0 aromatic heterocycles. The first kappa shape index (κ1) is 13.0. The lowest BCUT2D eigenvalue weighted by Gasteiger charge is -2.26. The zero-order valence-corrected chi connectivity index (χ0v) is 10.9. The minimum Gasteiger partial charge on any atom is -0.353 e. The van der Waals surface area contributed by atoms with Crippen LogP contribution in [-0.4, -0.2) is 42.1 Å². The van der Waals surface area contributed by atoms with Gasteiger partial charge in [0.05, 0.1) is 12.3 Å². The molecule has 0 spiro atoms. The minimum absolute atomic E-state index is 0.0470. The second-order valence-electron chi connectivity index (χ2n) is 4.14. The molecule has 0 unspecified atom stereocenters. The van der Waals surface area contributed by atoms with Crippen LogP contribution in [0.5, 0.6) is 0 Å². The van der Waals surface area contributed by atoms with E-state index >= 15 is 0 Å². The van der Waals surface area contributed by atoms with Crippen LogP contribution in [0.2, 0.25) is 0 Å². The Labute approximate surface area is 111 Å². The highest BCUT2D eigenvalue weighted by Gasteiger charge is 2.20. The molecule has 0 radical (unpaired) electrons. The number of piperazine rings is 1. The van der Waals surface area contributed by atoms with Gasteiger partial charge in [-0.3, -0.25) is 9.59 Å². The monoisotopic (exact) mass is 264 g/mol. The van der Waals surface area contributed by atoms with E-state index in [0.717, 1.165) is 5.75 Å². The normalized spacial score (nSPS) is 15.3. The van der Waals surface area contributed by atoms with Crippen molar-refractivity contribution < 1.29 is 9.59 Å².